The van der Waals surface area contributed by atoms with Crippen molar-refractivity contribution in [2.75, 3.05) is 6.61 Å². The molecule has 2 heteroatoms. The summed E-state index contributed by atoms with van der Waals surface area (Å²) in [5.41, 5.74) is 0. The number of ether oxygens (including phenoxy) is 1. The fourth-order valence-electron chi connectivity index (χ4n) is 0.418. The van der Waals surface area contributed by atoms with Crippen LogP contribution < -0.4 is 0 Å². The zero-order valence-corrected chi connectivity index (χ0v) is 5.39. The molecule has 0 fully saturated rings. The van der Waals surface area contributed by atoms with Crippen molar-refractivity contribution in [3.05, 3.63) is 0 Å². The lowest BCUT2D eigenvalue weighted by Crippen LogP contribution is -2.04. The van der Waals surface area contributed by atoms with E-state index in [-0.39, 0.29) is 12.5 Å². The van der Waals surface area contributed by atoms with Gasteiger partial charge in [0.1, 0.15) is 6.61 Å². The first-order chi connectivity index (χ1) is 4.35. The molecule has 0 aromatic rings. The Morgan fingerprint density at radius 1 is 1.78 bits per heavy atom. The lowest BCUT2D eigenvalue weighted by molar-refractivity contribution is 0.246. The standard InChI is InChI=1S/C7H9O2/c1-3-7(4-2)5-9-6-8/h1,7H,4-5H2,2H3. The van der Waals surface area contributed by atoms with Crippen LogP contribution in [0.3, 0.4) is 0 Å². The molecular formula is C7H9O2. The van der Waals surface area contributed by atoms with E-state index in [9.17, 15) is 4.79 Å². The molecule has 0 aliphatic carbocycles. The topological polar surface area (TPSA) is 26.3 Å². The van der Waals surface area contributed by atoms with Gasteiger partial charge >= 0.3 is 6.47 Å². The van der Waals surface area contributed by atoms with Gasteiger partial charge in [0.25, 0.3) is 0 Å². The molecule has 0 spiro atoms. The minimum Gasteiger partial charge on any atom is -0.456 e. The highest BCUT2D eigenvalue weighted by Gasteiger charge is 1.99. The van der Waals surface area contributed by atoms with E-state index in [0.717, 1.165) is 6.42 Å². The van der Waals surface area contributed by atoms with Gasteiger partial charge in [0.2, 0.25) is 0 Å². The molecule has 0 saturated heterocycles. The van der Waals surface area contributed by atoms with E-state index >= 15 is 0 Å². The molecular weight excluding hydrogens is 116 g/mol. The lowest BCUT2D eigenvalue weighted by atomic mass is 10.1. The molecule has 9 heavy (non-hydrogen) atoms. The molecule has 2 nitrogen and oxygen atoms in total. The van der Waals surface area contributed by atoms with Gasteiger partial charge in [-0.2, -0.15) is 0 Å². The largest absolute Gasteiger partial charge is 0.456 e. The van der Waals surface area contributed by atoms with Crippen LogP contribution in [0, 0.1) is 18.3 Å². The number of terminal acetylenes is 1. The van der Waals surface area contributed by atoms with Gasteiger partial charge in [-0.15, -0.1) is 6.42 Å². The number of rotatable bonds is 4. The summed E-state index contributed by atoms with van der Waals surface area (Å²) in [7, 11) is 0. The second-order valence-corrected chi connectivity index (χ2v) is 1.67. The number of hydrogen-bond donors (Lipinski definition) is 0. The van der Waals surface area contributed by atoms with Gasteiger partial charge < -0.3 is 4.74 Å². The summed E-state index contributed by atoms with van der Waals surface area (Å²) < 4.78 is 4.33. The summed E-state index contributed by atoms with van der Waals surface area (Å²) in [5, 5.41) is 0. The smallest absolute Gasteiger partial charge is 0.417 e. The molecule has 0 aliphatic heterocycles. The highest BCUT2D eigenvalue weighted by atomic mass is 16.5. The Morgan fingerprint density at radius 2 is 2.44 bits per heavy atom. The van der Waals surface area contributed by atoms with Crippen LogP contribution in [0.4, 0.5) is 0 Å². The quantitative estimate of drug-likeness (QED) is 0.518. The van der Waals surface area contributed by atoms with Crippen LogP contribution in [-0.4, -0.2) is 13.1 Å². The molecule has 1 atom stereocenters. The average Bonchev–Trinajstić information content (AvgIpc) is 1.91. The molecule has 0 rings (SSSR count). The van der Waals surface area contributed by atoms with Crippen molar-refractivity contribution in [1.82, 2.24) is 0 Å². The van der Waals surface area contributed by atoms with E-state index in [2.05, 4.69) is 10.7 Å². The third-order valence-electron chi connectivity index (χ3n) is 1.07. The highest BCUT2D eigenvalue weighted by molar-refractivity contribution is 5.38. The molecule has 49 valence electrons. The first-order valence-corrected chi connectivity index (χ1v) is 2.80. The fraction of sp³-hybridized carbons (Fsp3) is 0.571. The molecule has 1 radical (unpaired) electrons. The Bertz CT molecular complexity index is 113. The SMILES string of the molecule is C#CC(CC)CO[C]=O. The lowest BCUT2D eigenvalue weighted by Gasteiger charge is -2.02. The summed E-state index contributed by atoms with van der Waals surface area (Å²) in [5.74, 6) is 2.53. The third-order valence-corrected chi connectivity index (χ3v) is 1.07. The summed E-state index contributed by atoms with van der Waals surface area (Å²) in [6.07, 6.45) is 5.90. The van der Waals surface area contributed by atoms with Crippen molar-refractivity contribution in [2.45, 2.75) is 13.3 Å². The van der Waals surface area contributed by atoms with Crippen LogP contribution in [0.5, 0.6) is 0 Å². The first kappa shape index (κ1) is 8.03. The Kier molecular flexibility index (Phi) is 4.61. The predicted molar refractivity (Wildman–Crippen MR) is 34.3 cm³/mol. The Hall–Kier alpha value is -0.970. The second-order valence-electron chi connectivity index (χ2n) is 1.67. The maximum absolute atomic E-state index is 9.53. The molecule has 0 N–H and O–H groups in total. The predicted octanol–water partition coefficient (Wildman–Crippen LogP) is 0.730. The average molecular weight is 125 g/mol. The van der Waals surface area contributed by atoms with Gasteiger partial charge in [-0.1, -0.05) is 12.8 Å². The van der Waals surface area contributed by atoms with Crippen LogP contribution in [0.1, 0.15) is 13.3 Å². The Labute approximate surface area is 55.2 Å². The molecule has 1 unspecified atom stereocenters. The number of carbonyl (C=O) groups excluding carboxylic acids is 1. The van der Waals surface area contributed by atoms with E-state index in [4.69, 9.17) is 6.42 Å². The van der Waals surface area contributed by atoms with Gasteiger partial charge in [-0.25, -0.2) is 4.79 Å². The summed E-state index contributed by atoms with van der Waals surface area (Å²) in [6, 6.07) is 0. The summed E-state index contributed by atoms with van der Waals surface area (Å²) in [4.78, 5) is 9.53. The van der Waals surface area contributed by atoms with Gasteiger partial charge in [0.15, 0.2) is 0 Å². The van der Waals surface area contributed by atoms with E-state index in [0.29, 0.717) is 0 Å². The minimum atomic E-state index is 0.0476. The Morgan fingerprint density at radius 3 is 2.78 bits per heavy atom. The van der Waals surface area contributed by atoms with Gasteiger partial charge in [-0.05, 0) is 6.42 Å². The fourth-order valence-corrected chi connectivity index (χ4v) is 0.418. The highest BCUT2D eigenvalue weighted by Crippen LogP contribution is 1.98. The zero-order valence-electron chi connectivity index (χ0n) is 5.39. The maximum atomic E-state index is 9.53. The van der Waals surface area contributed by atoms with Crippen molar-refractivity contribution in [2.24, 2.45) is 5.92 Å². The molecule has 0 amide bonds. The van der Waals surface area contributed by atoms with Gasteiger partial charge in [-0.3, -0.25) is 0 Å². The van der Waals surface area contributed by atoms with Crippen LogP contribution in [0.2, 0.25) is 0 Å². The van der Waals surface area contributed by atoms with Crippen molar-refractivity contribution in [3.63, 3.8) is 0 Å². The monoisotopic (exact) mass is 125 g/mol. The Balaban J connectivity index is 3.34. The van der Waals surface area contributed by atoms with Crippen molar-refractivity contribution >= 4 is 6.47 Å². The molecule has 0 aromatic heterocycles. The zero-order chi connectivity index (χ0) is 7.11. The molecule has 0 aliphatic rings. The second kappa shape index (κ2) is 5.17. The van der Waals surface area contributed by atoms with E-state index in [1.54, 1.807) is 0 Å². The molecule has 0 heterocycles. The van der Waals surface area contributed by atoms with Gasteiger partial charge in [0, 0.05) is 0 Å². The minimum absolute atomic E-state index is 0.0476. The van der Waals surface area contributed by atoms with E-state index < -0.39 is 0 Å². The normalized spacial score (nSPS) is 11.6. The van der Waals surface area contributed by atoms with Crippen molar-refractivity contribution in [3.8, 4) is 12.3 Å². The molecule has 0 bridgehead atoms. The van der Waals surface area contributed by atoms with Crippen molar-refractivity contribution < 1.29 is 9.53 Å². The van der Waals surface area contributed by atoms with E-state index in [1.807, 2.05) is 6.92 Å². The summed E-state index contributed by atoms with van der Waals surface area (Å²) >= 11 is 0. The molecule has 0 aromatic carbocycles. The first-order valence-electron chi connectivity index (χ1n) is 2.80. The number of hydrogen-bond acceptors (Lipinski definition) is 2. The van der Waals surface area contributed by atoms with Crippen LogP contribution in [0.25, 0.3) is 0 Å². The van der Waals surface area contributed by atoms with Crippen molar-refractivity contribution in [1.29, 1.82) is 0 Å². The summed E-state index contributed by atoms with van der Waals surface area (Å²) in [6.45, 7) is 3.55. The maximum Gasteiger partial charge on any atom is 0.417 e. The van der Waals surface area contributed by atoms with Crippen LogP contribution in [0.15, 0.2) is 0 Å². The van der Waals surface area contributed by atoms with Crippen LogP contribution in [-0.2, 0) is 9.53 Å². The van der Waals surface area contributed by atoms with E-state index in [1.165, 1.54) is 6.47 Å². The third kappa shape index (κ3) is 3.60. The molecule has 0 saturated carbocycles. The van der Waals surface area contributed by atoms with Gasteiger partial charge in [0.05, 0.1) is 5.92 Å². The van der Waals surface area contributed by atoms with Crippen LogP contribution >= 0.6 is 0 Å².